The van der Waals surface area contributed by atoms with Crippen molar-refractivity contribution in [2.24, 2.45) is 0 Å². The van der Waals surface area contributed by atoms with Gasteiger partial charge in [-0.15, -0.1) is 0 Å². The number of nitrogens with zero attached hydrogens (tertiary/aromatic N) is 1. The maximum Gasteiger partial charge on any atom is 0.243 e. The van der Waals surface area contributed by atoms with Crippen molar-refractivity contribution in [2.75, 3.05) is 25.5 Å². The first kappa shape index (κ1) is 23.7. The molecular formula is C23H29N3O5S. The second-order valence-electron chi connectivity index (χ2n) is 7.73. The Kier molecular flexibility index (Phi) is 7.87. The summed E-state index contributed by atoms with van der Waals surface area (Å²) in [7, 11) is -1.93. The van der Waals surface area contributed by atoms with E-state index in [9.17, 15) is 18.0 Å². The molecule has 1 aliphatic carbocycles. The first-order valence-electron chi connectivity index (χ1n) is 10.6. The topological polar surface area (TPSA) is 105 Å². The lowest BCUT2D eigenvalue weighted by Crippen LogP contribution is -2.38. The van der Waals surface area contributed by atoms with Gasteiger partial charge in [-0.05, 0) is 56.0 Å². The van der Waals surface area contributed by atoms with Crippen LogP contribution in [0.15, 0.2) is 53.4 Å². The highest BCUT2D eigenvalue weighted by Gasteiger charge is 2.27. The van der Waals surface area contributed by atoms with E-state index < -0.39 is 10.0 Å². The van der Waals surface area contributed by atoms with Crippen LogP contribution in [0.4, 0.5) is 5.69 Å². The standard InChI is InChI=1S/C23H29N3O5S/c1-3-26(16-22(27)24-19-5-4-6-20(15-19)31-2)23(28)14-9-17-7-12-21(13-8-17)32(29,30)25-18-10-11-18/h4-8,12-13,15,18,25H,3,9-11,14,16H2,1-2H3,(H,24,27). The van der Waals surface area contributed by atoms with Gasteiger partial charge in [-0.3, -0.25) is 9.59 Å². The molecule has 2 N–H and O–H groups in total. The average Bonchev–Trinajstić information content (AvgIpc) is 3.59. The zero-order valence-electron chi connectivity index (χ0n) is 18.3. The molecule has 0 aromatic heterocycles. The molecular weight excluding hydrogens is 430 g/mol. The van der Waals surface area contributed by atoms with E-state index in [0.29, 0.717) is 24.4 Å². The Labute approximate surface area is 189 Å². The van der Waals surface area contributed by atoms with Gasteiger partial charge in [-0.1, -0.05) is 18.2 Å². The van der Waals surface area contributed by atoms with E-state index in [4.69, 9.17) is 4.74 Å². The van der Waals surface area contributed by atoms with Crippen LogP contribution in [-0.4, -0.2) is 51.4 Å². The van der Waals surface area contributed by atoms with Gasteiger partial charge in [0.2, 0.25) is 21.8 Å². The predicted octanol–water partition coefficient (Wildman–Crippen LogP) is 2.56. The van der Waals surface area contributed by atoms with Crippen molar-refractivity contribution in [1.29, 1.82) is 0 Å². The molecule has 0 unspecified atom stereocenters. The molecule has 1 saturated carbocycles. The minimum absolute atomic E-state index is 0.0451. The molecule has 32 heavy (non-hydrogen) atoms. The van der Waals surface area contributed by atoms with Gasteiger partial charge in [0.05, 0.1) is 18.6 Å². The van der Waals surface area contributed by atoms with Crippen molar-refractivity contribution >= 4 is 27.5 Å². The van der Waals surface area contributed by atoms with Gasteiger partial charge < -0.3 is 15.0 Å². The van der Waals surface area contributed by atoms with Crippen LogP contribution in [0.5, 0.6) is 5.75 Å². The van der Waals surface area contributed by atoms with Crippen LogP contribution in [0.3, 0.4) is 0 Å². The highest BCUT2D eigenvalue weighted by atomic mass is 32.2. The Morgan fingerprint density at radius 1 is 1.12 bits per heavy atom. The van der Waals surface area contributed by atoms with Gasteiger partial charge in [0, 0.05) is 30.8 Å². The SMILES string of the molecule is CCN(CC(=O)Nc1cccc(OC)c1)C(=O)CCc1ccc(S(=O)(=O)NC2CC2)cc1. The third-order valence-corrected chi connectivity index (χ3v) is 6.72. The lowest BCUT2D eigenvalue weighted by atomic mass is 10.1. The fraction of sp³-hybridized carbons (Fsp3) is 0.391. The van der Waals surface area contributed by atoms with E-state index in [1.807, 2.05) is 6.92 Å². The summed E-state index contributed by atoms with van der Waals surface area (Å²) in [5, 5.41) is 2.77. The molecule has 1 aliphatic rings. The number of carbonyl (C=O) groups excluding carboxylic acids is 2. The van der Waals surface area contributed by atoms with Crippen molar-refractivity contribution in [1.82, 2.24) is 9.62 Å². The smallest absolute Gasteiger partial charge is 0.243 e. The van der Waals surface area contributed by atoms with Gasteiger partial charge >= 0.3 is 0 Å². The number of likely N-dealkylation sites (N-methyl/N-ethyl adjacent to an activating group) is 1. The van der Waals surface area contributed by atoms with Crippen molar-refractivity contribution in [2.45, 2.75) is 43.5 Å². The van der Waals surface area contributed by atoms with Crippen LogP contribution in [0.1, 0.15) is 31.7 Å². The molecule has 9 heteroatoms. The molecule has 1 fully saturated rings. The van der Waals surface area contributed by atoms with Crippen LogP contribution in [0.25, 0.3) is 0 Å². The molecule has 0 aliphatic heterocycles. The number of ether oxygens (including phenoxy) is 1. The van der Waals surface area contributed by atoms with Gasteiger partial charge in [-0.25, -0.2) is 13.1 Å². The number of sulfonamides is 1. The summed E-state index contributed by atoms with van der Waals surface area (Å²) in [5.74, 6) is 0.208. The first-order chi connectivity index (χ1) is 15.3. The summed E-state index contributed by atoms with van der Waals surface area (Å²) in [6.45, 7) is 2.19. The number of rotatable bonds is 11. The zero-order valence-corrected chi connectivity index (χ0v) is 19.2. The van der Waals surface area contributed by atoms with Gasteiger partial charge in [0.15, 0.2) is 0 Å². The average molecular weight is 460 g/mol. The summed E-state index contributed by atoms with van der Waals surface area (Å²) in [6.07, 6.45) is 2.45. The molecule has 0 radical (unpaired) electrons. The third-order valence-electron chi connectivity index (χ3n) is 5.18. The second kappa shape index (κ2) is 10.6. The first-order valence-corrected chi connectivity index (χ1v) is 12.1. The van der Waals surface area contributed by atoms with Gasteiger partial charge in [-0.2, -0.15) is 0 Å². The number of hydrogen-bond donors (Lipinski definition) is 2. The van der Waals surface area contributed by atoms with Crippen LogP contribution < -0.4 is 14.8 Å². The van der Waals surface area contributed by atoms with Crippen molar-refractivity contribution in [3.8, 4) is 5.75 Å². The lowest BCUT2D eigenvalue weighted by molar-refractivity contribution is -0.134. The minimum atomic E-state index is -3.48. The molecule has 2 aromatic carbocycles. The molecule has 0 spiro atoms. The molecule has 2 aromatic rings. The lowest BCUT2D eigenvalue weighted by Gasteiger charge is -2.20. The molecule has 8 nitrogen and oxygen atoms in total. The van der Waals surface area contributed by atoms with Gasteiger partial charge in [0.25, 0.3) is 0 Å². The maximum absolute atomic E-state index is 12.6. The van der Waals surface area contributed by atoms with Crippen molar-refractivity contribution in [3.05, 3.63) is 54.1 Å². The summed E-state index contributed by atoms with van der Waals surface area (Å²) in [4.78, 5) is 26.7. The number of hydrogen-bond acceptors (Lipinski definition) is 5. The molecule has 172 valence electrons. The van der Waals surface area contributed by atoms with Crippen LogP contribution >= 0.6 is 0 Å². The number of nitrogens with one attached hydrogen (secondary N) is 2. The number of anilines is 1. The Morgan fingerprint density at radius 2 is 1.84 bits per heavy atom. The van der Waals surface area contributed by atoms with Crippen LogP contribution in [-0.2, 0) is 26.0 Å². The Bertz CT molecular complexity index is 1050. The molecule has 0 atom stereocenters. The number of methoxy groups -OCH3 is 1. The van der Waals surface area contributed by atoms with E-state index in [1.165, 1.54) is 4.90 Å². The van der Waals surface area contributed by atoms with Crippen LogP contribution in [0.2, 0.25) is 0 Å². The van der Waals surface area contributed by atoms with E-state index in [1.54, 1.807) is 55.6 Å². The fourth-order valence-electron chi connectivity index (χ4n) is 3.18. The zero-order chi connectivity index (χ0) is 23.1. The van der Waals surface area contributed by atoms with Crippen molar-refractivity contribution < 1.29 is 22.7 Å². The van der Waals surface area contributed by atoms with Crippen molar-refractivity contribution in [3.63, 3.8) is 0 Å². The maximum atomic E-state index is 12.6. The van der Waals surface area contributed by atoms with E-state index in [2.05, 4.69) is 10.0 Å². The molecule has 3 rings (SSSR count). The monoisotopic (exact) mass is 459 g/mol. The van der Waals surface area contributed by atoms with E-state index in [-0.39, 0.29) is 35.7 Å². The van der Waals surface area contributed by atoms with Gasteiger partial charge in [0.1, 0.15) is 5.75 Å². The van der Waals surface area contributed by atoms with E-state index in [0.717, 1.165) is 18.4 Å². The normalized spacial score (nSPS) is 13.4. The second-order valence-corrected chi connectivity index (χ2v) is 9.44. The summed E-state index contributed by atoms with van der Waals surface area (Å²) in [5.41, 5.74) is 1.46. The highest BCUT2D eigenvalue weighted by molar-refractivity contribution is 7.89. The molecule has 0 heterocycles. The highest BCUT2D eigenvalue weighted by Crippen LogP contribution is 2.22. The number of aryl methyl sites for hydroxylation is 1. The quantitative estimate of drug-likeness (QED) is 0.537. The molecule has 0 saturated heterocycles. The summed E-state index contributed by atoms with van der Waals surface area (Å²) in [6, 6.07) is 13.6. The number of benzene rings is 2. The minimum Gasteiger partial charge on any atom is -0.497 e. The predicted molar refractivity (Wildman–Crippen MR) is 122 cm³/mol. The largest absolute Gasteiger partial charge is 0.497 e. The Balaban J connectivity index is 1.50. The Hall–Kier alpha value is -2.91. The third kappa shape index (κ3) is 6.80. The summed E-state index contributed by atoms with van der Waals surface area (Å²) < 4.78 is 32.3. The van der Waals surface area contributed by atoms with E-state index >= 15 is 0 Å². The number of carbonyl (C=O) groups is 2. The Morgan fingerprint density at radius 3 is 2.47 bits per heavy atom. The number of amides is 2. The molecule has 0 bridgehead atoms. The summed E-state index contributed by atoms with van der Waals surface area (Å²) >= 11 is 0. The molecule has 2 amide bonds. The fourth-order valence-corrected chi connectivity index (χ4v) is 4.49. The van der Waals surface area contributed by atoms with Crippen LogP contribution in [0, 0.1) is 0 Å².